The van der Waals surface area contributed by atoms with Crippen molar-refractivity contribution in [2.45, 2.75) is 16.4 Å². The minimum absolute atomic E-state index is 0.160. The molecule has 2 atom stereocenters. The number of hydrogen-bond acceptors (Lipinski definition) is 3. The summed E-state index contributed by atoms with van der Waals surface area (Å²) in [5, 5.41) is 5.36. The van der Waals surface area contributed by atoms with Gasteiger partial charge in [-0.1, -0.05) is 29.3 Å². The second kappa shape index (κ2) is 11.4. The van der Waals surface area contributed by atoms with Gasteiger partial charge in [-0.25, -0.2) is 17.6 Å². The fourth-order valence-electron chi connectivity index (χ4n) is 3.96. The van der Waals surface area contributed by atoms with Gasteiger partial charge in [-0.15, -0.1) is 23.2 Å². The molecule has 1 fully saturated rings. The van der Waals surface area contributed by atoms with Crippen molar-refractivity contribution < 1.29 is 45.1 Å². The second-order valence-electron chi connectivity index (χ2n) is 8.80. The van der Waals surface area contributed by atoms with Crippen molar-refractivity contribution in [3.63, 3.8) is 0 Å². The van der Waals surface area contributed by atoms with E-state index < -0.39 is 86.0 Å². The third kappa shape index (κ3) is 6.24. The van der Waals surface area contributed by atoms with Crippen LogP contribution in [-0.4, -0.2) is 28.2 Å². The normalized spacial score (nSPS) is 17.4. The molecular weight excluding hydrogens is 665 g/mol. The lowest BCUT2D eigenvalue weighted by molar-refractivity contribution is -0.167. The number of anilines is 3. The molecule has 1 aliphatic rings. The molecule has 0 heterocycles. The lowest BCUT2D eigenvalue weighted by Crippen LogP contribution is -2.31. The summed E-state index contributed by atoms with van der Waals surface area (Å²) in [5.74, 6) is -13.9. The van der Waals surface area contributed by atoms with E-state index in [1.165, 1.54) is 18.2 Å². The van der Waals surface area contributed by atoms with E-state index in [1.54, 1.807) is 5.32 Å². The Labute approximate surface area is 251 Å². The maximum atomic E-state index is 14.7. The standard InChI is InChI=1S/C25H12Cl4F7N3O3/c26-11-2-1-8(5-12(11)27)16-17(24(16,28)29)22(41)37-9-6-10(18(32)14(31)7-9)21(40)38-15-4-3-13(30)20(19(15)33)39-23(42)25(34,35)36/h1-7,16-17H,(H,37,41)(H,38,40)(H,39,42)/t16-,17+/m0/s1. The number of amides is 3. The van der Waals surface area contributed by atoms with Gasteiger partial charge in [0.05, 0.1) is 27.2 Å². The molecule has 1 aliphatic carbocycles. The van der Waals surface area contributed by atoms with Crippen LogP contribution >= 0.6 is 46.4 Å². The number of rotatable bonds is 6. The van der Waals surface area contributed by atoms with Gasteiger partial charge >= 0.3 is 12.1 Å². The Morgan fingerprint density at radius 2 is 1.45 bits per heavy atom. The molecule has 0 radical (unpaired) electrons. The molecule has 222 valence electrons. The molecule has 3 aromatic rings. The Hall–Kier alpha value is -3.26. The van der Waals surface area contributed by atoms with Gasteiger partial charge in [0.2, 0.25) is 5.91 Å². The van der Waals surface area contributed by atoms with Crippen LogP contribution in [-0.2, 0) is 9.59 Å². The van der Waals surface area contributed by atoms with E-state index in [2.05, 4.69) is 5.32 Å². The fourth-order valence-corrected chi connectivity index (χ4v) is 5.09. The van der Waals surface area contributed by atoms with E-state index in [0.29, 0.717) is 29.8 Å². The van der Waals surface area contributed by atoms with E-state index in [1.807, 2.05) is 0 Å². The SMILES string of the molecule is O=C(Nc1ccc(F)c(NC(=O)C(F)(F)F)c1F)c1cc(NC(=O)[C@H]2[C@H](c3ccc(Cl)c(Cl)c3)C2(Cl)Cl)cc(F)c1F. The predicted octanol–water partition coefficient (Wildman–Crippen LogP) is 7.83. The van der Waals surface area contributed by atoms with Crippen LogP contribution in [0.1, 0.15) is 21.8 Å². The summed E-state index contributed by atoms with van der Waals surface area (Å²) >= 11 is 24.4. The topological polar surface area (TPSA) is 87.3 Å². The van der Waals surface area contributed by atoms with Crippen LogP contribution in [0.5, 0.6) is 0 Å². The molecule has 3 N–H and O–H groups in total. The summed E-state index contributed by atoms with van der Waals surface area (Å²) in [7, 11) is 0. The zero-order valence-electron chi connectivity index (χ0n) is 20.1. The van der Waals surface area contributed by atoms with Gasteiger partial charge in [0, 0.05) is 17.7 Å². The molecule has 0 aromatic heterocycles. The van der Waals surface area contributed by atoms with Gasteiger partial charge in [-0.05, 0) is 35.9 Å². The van der Waals surface area contributed by atoms with Gasteiger partial charge in [-0.2, -0.15) is 13.2 Å². The molecule has 3 amide bonds. The van der Waals surface area contributed by atoms with Crippen LogP contribution in [0.25, 0.3) is 0 Å². The molecule has 3 aromatic carbocycles. The minimum atomic E-state index is -5.50. The van der Waals surface area contributed by atoms with Gasteiger partial charge in [-0.3, -0.25) is 14.4 Å². The first kappa shape index (κ1) is 31.7. The second-order valence-corrected chi connectivity index (χ2v) is 11.1. The van der Waals surface area contributed by atoms with Crippen molar-refractivity contribution in [3.8, 4) is 0 Å². The monoisotopic (exact) mass is 675 g/mol. The molecule has 17 heteroatoms. The van der Waals surface area contributed by atoms with Crippen LogP contribution in [0, 0.1) is 29.2 Å². The number of halogens is 11. The zero-order valence-corrected chi connectivity index (χ0v) is 23.1. The first-order valence-corrected chi connectivity index (χ1v) is 12.7. The maximum absolute atomic E-state index is 14.7. The van der Waals surface area contributed by atoms with Crippen molar-refractivity contribution in [1.82, 2.24) is 0 Å². The molecule has 0 bridgehead atoms. The van der Waals surface area contributed by atoms with E-state index in [4.69, 9.17) is 46.4 Å². The van der Waals surface area contributed by atoms with Crippen LogP contribution in [0.3, 0.4) is 0 Å². The van der Waals surface area contributed by atoms with E-state index in [-0.39, 0.29) is 10.0 Å². The summed E-state index contributed by atoms with van der Waals surface area (Å²) in [6, 6.07) is 6.57. The predicted molar refractivity (Wildman–Crippen MR) is 141 cm³/mol. The third-order valence-electron chi connectivity index (χ3n) is 6.01. The van der Waals surface area contributed by atoms with Crippen LogP contribution in [0.4, 0.5) is 47.8 Å². The highest BCUT2D eigenvalue weighted by Crippen LogP contribution is 2.65. The molecule has 0 spiro atoms. The van der Waals surface area contributed by atoms with Crippen LogP contribution < -0.4 is 16.0 Å². The van der Waals surface area contributed by atoms with Gasteiger partial charge in [0.15, 0.2) is 17.5 Å². The highest BCUT2D eigenvalue weighted by molar-refractivity contribution is 6.53. The molecule has 0 saturated heterocycles. The molecule has 42 heavy (non-hydrogen) atoms. The van der Waals surface area contributed by atoms with Gasteiger partial charge < -0.3 is 16.0 Å². The van der Waals surface area contributed by atoms with Gasteiger partial charge in [0.1, 0.15) is 15.8 Å². The fraction of sp³-hybridized carbons (Fsp3) is 0.160. The Bertz CT molecular complexity index is 1640. The molecule has 6 nitrogen and oxygen atoms in total. The van der Waals surface area contributed by atoms with E-state index in [0.717, 1.165) is 5.32 Å². The molecule has 0 unspecified atom stereocenters. The molecular formula is C25H12Cl4F7N3O3. The summed E-state index contributed by atoms with van der Waals surface area (Å²) in [4.78, 5) is 36.7. The van der Waals surface area contributed by atoms with Gasteiger partial charge in [0.25, 0.3) is 5.91 Å². The summed E-state index contributed by atoms with van der Waals surface area (Å²) in [6.45, 7) is 0. The summed E-state index contributed by atoms with van der Waals surface area (Å²) < 4.78 is 93.4. The highest BCUT2D eigenvalue weighted by atomic mass is 35.5. The van der Waals surface area contributed by atoms with Crippen molar-refractivity contribution in [2.75, 3.05) is 16.0 Å². The molecule has 1 saturated carbocycles. The van der Waals surface area contributed by atoms with Crippen molar-refractivity contribution in [2.24, 2.45) is 5.92 Å². The number of alkyl halides is 5. The highest BCUT2D eigenvalue weighted by Gasteiger charge is 2.67. The van der Waals surface area contributed by atoms with E-state index >= 15 is 0 Å². The minimum Gasteiger partial charge on any atom is -0.326 e. The van der Waals surface area contributed by atoms with Crippen LogP contribution in [0.2, 0.25) is 10.0 Å². The Morgan fingerprint density at radius 3 is 2.07 bits per heavy atom. The quantitative estimate of drug-likeness (QED) is 0.184. The van der Waals surface area contributed by atoms with E-state index in [9.17, 15) is 45.1 Å². The molecule has 4 rings (SSSR count). The van der Waals surface area contributed by atoms with Crippen LogP contribution in [0.15, 0.2) is 42.5 Å². The first-order valence-electron chi connectivity index (χ1n) is 11.2. The summed E-state index contributed by atoms with van der Waals surface area (Å²) in [5.41, 5.74) is -3.65. The van der Waals surface area contributed by atoms with Crippen molar-refractivity contribution >= 4 is 81.2 Å². The third-order valence-corrected chi connectivity index (χ3v) is 7.69. The first-order chi connectivity index (χ1) is 19.4. The number of carbonyl (C=O) groups excluding carboxylic acids is 3. The van der Waals surface area contributed by atoms with Crippen molar-refractivity contribution in [1.29, 1.82) is 0 Å². The Morgan fingerprint density at radius 1 is 0.786 bits per heavy atom. The average molecular weight is 677 g/mol. The smallest absolute Gasteiger partial charge is 0.326 e. The lowest BCUT2D eigenvalue weighted by atomic mass is 10.1. The molecule has 0 aliphatic heterocycles. The number of carbonyl (C=O) groups is 3. The summed E-state index contributed by atoms with van der Waals surface area (Å²) in [6.07, 6.45) is -5.50. The average Bonchev–Trinajstić information content (AvgIpc) is 3.48. The Balaban J connectivity index is 1.56. The largest absolute Gasteiger partial charge is 0.471 e. The number of benzene rings is 3. The lowest BCUT2D eigenvalue weighted by Gasteiger charge is -2.14. The number of hydrogen-bond donors (Lipinski definition) is 3. The Kier molecular flexibility index (Phi) is 8.62. The number of nitrogens with one attached hydrogen (secondary N) is 3. The zero-order chi connectivity index (χ0) is 31.3. The van der Waals surface area contributed by atoms with Crippen molar-refractivity contribution in [3.05, 3.63) is 86.9 Å². The maximum Gasteiger partial charge on any atom is 0.471 e.